The van der Waals surface area contributed by atoms with Crippen molar-refractivity contribution in [2.45, 2.75) is 31.8 Å². The summed E-state index contributed by atoms with van der Waals surface area (Å²) < 4.78 is 59.7. The van der Waals surface area contributed by atoms with E-state index in [1.54, 1.807) is 12.1 Å². The molecule has 3 atom stereocenters. The smallest absolute Gasteiger partial charge is 0.280 e. The number of amides is 1. The summed E-state index contributed by atoms with van der Waals surface area (Å²) in [6.45, 7) is 1.25. The number of benzene rings is 2. The number of carbonyl (C=O) groups is 1. The Morgan fingerprint density at radius 1 is 1.30 bits per heavy atom. The zero-order valence-corrected chi connectivity index (χ0v) is 17.7. The molecule has 0 radical (unpaired) electrons. The molecule has 11 heteroatoms. The van der Waals surface area contributed by atoms with Crippen LogP contribution in [-0.4, -0.2) is 38.1 Å². The van der Waals surface area contributed by atoms with Gasteiger partial charge in [-0.2, -0.15) is 17.4 Å². The van der Waals surface area contributed by atoms with Crippen molar-refractivity contribution in [2.75, 3.05) is 12.4 Å². The lowest BCUT2D eigenvalue weighted by atomic mass is 9.99. The second-order valence-electron chi connectivity index (χ2n) is 6.79. The van der Waals surface area contributed by atoms with Crippen LogP contribution in [0.1, 0.15) is 24.9 Å². The predicted octanol–water partition coefficient (Wildman–Crippen LogP) is 3.39. The van der Waals surface area contributed by atoms with E-state index in [9.17, 15) is 22.0 Å². The number of hydrogen-bond donors (Lipinski definition) is 2. The molecule has 1 fully saturated rings. The Bertz CT molecular complexity index is 1030. The fourth-order valence-corrected chi connectivity index (χ4v) is 4.55. The van der Waals surface area contributed by atoms with Crippen molar-refractivity contribution in [3.8, 4) is 5.75 Å². The molecule has 0 bridgehead atoms. The molecule has 1 saturated heterocycles. The van der Waals surface area contributed by atoms with Crippen LogP contribution in [0.25, 0.3) is 0 Å². The van der Waals surface area contributed by atoms with E-state index in [4.69, 9.17) is 16.3 Å². The third-order valence-electron chi connectivity index (χ3n) is 4.64. The molecule has 1 aliphatic rings. The molecule has 3 rings (SSSR count). The van der Waals surface area contributed by atoms with Gasteiger partial charge in [0.15, 0.2) is 0 Å². The minimum Gasteiger partial charge on any atom is -0.461 e. The summed E-state index contributed by atoms with van der Waals surface area (Å²) in [5.41, 5.74) is 0.835. The molecule has 30 heavy (non-hydrogen) atoms. The second kappa shape index (κ2) is 8.84. The van der Waals surface area contributed by atoms with Gasteiger partial charge in [0.25, 0.3) is 10.2 Å². The maximum absolute atomic E-state index is 13.3. The predicted molar refractivity (Wildman–Crippen MR) is 109 cm³/mol. The van der Waals surface area contributed by atoms with Gasteiger partial charge in [0.1, 0.15) is 17.6 Å². The standard InChI is InChI=1S/C19H20ClF2N3O4S/c1-11(21)29-14-6-3-12(4-7-14)17-10-18(25(2)30(27,28)24-17)19(26)23-13-5-8-16(22)15(20)9-13/h3-9,11,17-18,24H,10H2,1-2H3,(H,23,26). The quantitative estimate of drug-likeness (QED) is 0.717. The zero-order chi connectivity index (χ0) is 22.1. The maximum Gasteiger partial charge on any atom is 0.280 e. The van der Waals surface area contributed by atoms with Crippen LogP contribution < -0.4 is 14.8 Å². The van der Waals surface area contributed by atoms with Gasteiger partial charge in [0.2, 0.25) is 12.3 Å². The Morgan fingerprint density at radius 3 is 2.57 bits per heavy atom. The highest BCUT2D eigenvalue weighted by molar-refractivity contribution is 7.87. The monoisotopic (exact) mass is 459 g/mol. The van der Waals surface area contributed by atoms with Gasteiger partial charge in [-0.1, -0.05) is 23.7 Å². The summed E-state index contributed by atoms with van der Waals surface area (Å²) in [4.78, 5) is 12.8. The fourth-order valence-electron chi connectivity index (χ4n) is 3.09. The fraction of sp³-hybridized carbons (Fsp3) is 0.316. The number of carbonyl (C=O) groups excluding carboxylic acids is 1. The van der Waals surface area contributed by atoms with Gasteiger partial charge >= 0.3 is 0 Å². The summed E-state index contributed by atoms with van der Waals surface area (Å²) in [7, 11) is -2.65. The van der Waals surface area contributed by atoms with Gasteiger partial charge in [-0.05, 0) is 42.3 Å². The Hall–Kier alpha value is -2.27. The average molecular weight is 460 g/mol. The molecular formula is C19H20ClF2N3O4S. The van der Waals surface area contributed by atoms with Crippen molar-refractivity contribution < 1.29 is 26.7 Å². The molecule has 2 aromatic carbocycles. The highest BCUT2D eigenvalue weighted by Gasteiger charge is 2.40. The summed E-state index contributed by atoms with van der Waals surface area (Å²) in [6, 6.07) is 8.22. The number of alkyl halides is 1. The van der Waals surface area contributed by atoms with Gasteiger partial charge < -0.3 is 10.1 Å². The molecule has 0 aliphatic carbocycles. The lowest BCUT2D eigenvalue weighted by Crippen LogP contribution is -2.55. The van der Waals surface area contributed by atoms with Gasteiger partial charge in [-0.15, -0.1) is 0 Å². The molecule has 162 valence electrons. The molecule has 0 aromatic heterocycles. The van der Waals surface area contributed by atoms with Crippen molar-refractivity contribution in [1.29, 1.82) is 0 Å². The number of ether oxygens (including phenoxy) is 1. The number of hydrogen-bond acceptors (Lipinski definition) is 4. The van der Waals surface area contributed by atoms with E-state index in [1.807, 2.05) is 0 Å². The summed E-state index contributed by atoms with van der Waals surface area (Å²) in [5.74, 6) is -0.917. The molecule has 2 aromatic rings. The SMILES string of the molecule is CC(F)Oc1ccc(C2CC(C(=O)Nc3ccc(F)c(Cl)c3)N(C)S(=O)(=O)N2)cc1. The van der Waals surface area contributed by atoms with Crippen molar-refractivity contribution in [3.05, 3.63) is 58.9 Å². The van der Waals surface area contributed by atoms with Crippen LogP contribution in [0.4, 0.5) is 14.5 Å². The number of nitrogens with one attached hydrogen (secondary N) is 2. The van der Waals surface area contributed by atoms with E-state index in [-0.39, 0.29) is 17.1 Å². The normalized spacial score (nSPS) is 22.3. The van der Waals surface area contributed by atoms with E-state index < -0.39 is 40.4 Å². The first kappa shape index (κ1) is 22.4. The molecule has 7 nitrogen and oxygen atoms in total. The third-order valence-corrected chi connectivity index (χ3v) is 6.52. The zero-order valence-electron chi connectivity index (χ0n) is 16.1. The van der Waals surface area contributed by atoms with Crippen molar-refractivity contribution >= 4 is 33.4 Å². The van der Waals surface area contributed by atoms with E-state index >= 15 is 0 Å². The number of anilines is 1. The largest absolute Gasteiger partial charge is 0.461 e. The summed E-state index contributed by atoms with van der Waals surface area (Å²) in [5, 5.41) is 2.40. The Balaban J connectivity index is 1.80. The first-order chi connectivity index (χ1) is 14.1. The Labute approximate surface area is 178 Å². The molecule has 1 heterocycles. The highest BCUT2D eigenvalue weighted by atomic mass is 35.5. The topological polar surface area (TPSA) is 87.7 Å². The van der Waals surface area contributed by atoms with Crippen molar-refractivity contribution in [3.63, 3.8) is 0 Å². The second-order valence-corrected chi connectivity index (χ2v) is 8.96. The van der Waals surface area contributed by atoms with Gasteiger partial charge in [0, 0.05) is 25.7 Å². The average Bonchev–Trinajstić information content (AvgIpc) is 2.67. The number of rotatable bonds is 5. The van der Waals surface area contributed by atoms with E-state index in [1.165, 1.54) is 38.2 Å². The molecule has 2 N–H and O–H groups in total. The van der Waals surface area contributed by atoms with E-state index in [2.05, 4.69) is 10.0 Å². The van der Waals surface area contributed by atoms with Crippen LogP contribution in [0.15, 0.2) is 42.5 Å². The molecule has 1 aliphatic heterocycles. The highest BCUT2D eigenvalue weighted by Crippen LogP contribution is 2.30. The molecule has 0 spiro atoms. The molecular weight excluding hydrogens is 440 g/mol. The van der Waals surface area contributed by atoms with Crippen LogP contribution in [0.3, 0.4) is 0 Å². The van der Waals surface area contributed by atoms with Crippen molar-refractivity contribution in [1.82, 2.24) is 9.03 Å². The van der Waals surface area contributed by atoms with Gasteiger partial charge in [-0.25, -0.2) is 8.78 Å². The maximum atomic E-state index is 13.3. The molecule has 0 saturated carbocycles. The van der Waals surface area contributed by atoms with E-state index in [0.717, 1.165) is 10.4 Å². The van der Waals surface area contributed by atoms with Crippen LogP contribution in [-0.2, 0) is 15.0 Å². The minimum atomic E-state index is -3.94. The molecule has 1 amide bonds. The summed E-state index contributed by atoms with van der Waals surface area (Å²) >= 11 is 5.73. The van der Waals surface area contributed by atoms with E-state index in [0.29, 0.717) is 11.3 Å². The lowest BCUT2D eigenvalue weighted by molar-refractivity contribution is -0.120. The van der Waals surface area contributed by atoms with Crippen LogP contribution in [0, 0.1) is 5.82 Å². The Morgan fingerprint density at radius 2 is 1.97 bits per heavy atom. The Kier molecular flexibility index (Phi) is 6.61. The molecule has 3 unspecified atom stereocenters. The van der Waals surface area contributed by atoms with Crippen LogP contribution in [0.2, 0.25) is 5.02 Å². The van der Waals surface area contributed by atoms with Crippen LogP contribution in [0.5, 0.6) is 5.75 Å². The minimum absolute atomic E-state index is 0.135. The first-order valence-electron chi connectivity index (χ1n) is 8.98. The first-order valence-corrected chi connectivity index (χ1v) is 10.8. The van der Waals surface area contributed by atoms with Gasteiger partial charge in [0.05, 0.1) is 5.02 Å². The third kappa shape index (κ3) is 5.07. The van der Waals surface area contributed by atoms with Crippen molar-refractivity contribution in [2.24, 2.45) is 0 Å². The van der Waals surface area contributed by atoms with Gasteiger partial charge in [-0.3, -0.25) is 4.79 Å². The number of likely N-dealkylation sites (N-methyl/N-ethyl adjacent to an activating group) is 1. The number of nitrogens with zero attached hydrogens (tertiary/aromatic N) is 1. The van der Waals surface area contributed by atoms with Crippen LogP contribution >= 0.6 is 11.6 Å². The summed E-state index contributed by atoms with van der Waals surface area (Å²) in [6.07, 6.45) is -1.35. The number of halogens is 3. The lowest BCUT2D eigenvalue weighted by Gasteiger charge is -2.36.